The monoisotopic (exact) mass is 528 g/mol. The molecule has 0 amide bonds. The van der Waals surface area contributed by atoms with Gasteiger partial charge in [0, 0.05) is 19.0 Å². The molecule has 10 heteroatoms. The molecule has 0 atom stereocenters. The molecule has 1 heterocycles. The summed E-state index contributed by atoms with van der Waals surface area (Å²) in [5, 5.41) is 9.31. The number of hydrogen-bond donors (Lipinski definition) is 2. The fourth-order valence-electron chi connectivity index (χ4n) is 2.15. The molecule has 0 saturated heterocycles. The van der Waals surface area contributed by atoms with E-state index in [4.69, 9.17) is 4.74 Å². The average molecular weight is 528 g/mol. The Balaban J connectivity index is 0.00000392. The van der Waals surface area contributed by atoms with Gasteiger partial charge in [-0.3, -0.25) is 4.99 Å². The van der Waals surface area contributed by atoms with Crippen molar-refractivity contribution in [2.75, 3.05) is 13.7 Å². The normalized spacial score (nSPS) is 11.9. The molecule has 1 aromatic heterocycles. The molecule has 0 aliphatic rings. The lowest BCUT2D eigenvalue weighted by molar-refractivity contribution is -0.153. The van der Waals surface area contributed by atoms with Gasteiger partial charge in [0.1, 0.15) is 10.8 Å². The van der Waals surface area contributed by atoms with Gasteiger partial charge in [-0.25, -0.2) is 4.98 Å². The van der Waals surface area contributed by atoms with Crippen LogP contribution >= 0.6 is 35.3 Å². The highest BCUT2D eigenvalue weighted by atomic mass is 127. The van der Waals surface area contributed by atoms with Gasteiger partial charge >= 0.3 is 6.18 Å². The van der Waals surface area contributed by atoms with Crippen LogP contribution < -0.4 is 15.4 Å². The minimum atomic E-state index is -4.36. The predicted molar refractivity (Wildman–Crippen MR) is 117 cm³/mol. The van der Waals surface area contributed by atoms with E-state index in [1.807, 2.05) is 5.38 Å². The third-order valence-corrected chi connectivity index (χ3v) is 4.42. The first-order valence-corrected chi connectivity index (χ1v) is 9.32. The maximum Gasteiger partial charge on any atom is 0.422 e. The number of halogens is 4. The lowest BCUT2D eigenvalue weighted by Crippen LogP contribution is -2.36. The van der Waals surface area contributed by atoms with Crippen molar-refractivity contribution in [1.82, 2.24) is 15.6 Å². The molecule has 0 aliphatic carbocycles. The van der Waals surface area contributed by atoms with Crippen molar-refractivity contribution < 1.29 is 17.9 Å². The third kappa shape index (κ3) is 8.63. The van der Waals surface area contributed by atoms with Crippen LogP contribution in [0.1, 0.15) is 36.0 Å². The van der Waals surface area contributed by atoms with Crippen molar-refractivity contribution in [3.63, 3.8) is 0 Å². The number of ether oxygens (including phenoxy) is 1. The zero-order valence-corrected chi connectivity index (χ0v) is 19.0. The van der Waals surface area contributed by atoms with E-state index in [0.717, 1.165) is 16.3 Å². The Morgan fingerprint density at radius 3 is 2.57 bits per heavy atom. The quantitative estimate of drug-likeness (QED) is 0.311. The molecule has 156 valence electrons. The summed E-state index contributed by atoms with van der Waals surface area (Å²) in [6.45, 7) is 3.83. The highest BCUT2D eigenvalue weighted by Crippen LogP contribution is 2.19. The lowest BCUT2D eigenvalue weighted by atomic mass is 10.2. The Kier molecular flexibility index (Phi) is 10.0. The first kappa shape index (κ1) is 24.5. The van der Waals surface area contributed by atoms with Gasteiger partial charge in [-0.15, -0.1) is 35.3 Å². The Morgan fingerprint density at radius 2 is 1.96 bits per heavy atom. The van der Waals surface area contributed by atoms with Crippen molar-refractivity contribution >= 4 is 41.3 Å². The summed E-state index contributed by atoms with van der Waals surface area (Å²) in [5.74, 6) is 1.15. The topological polar surface area (TPSA) is 58.5 Å². The molecule has 0 spiro atoms. The summed E-state index contributed by atoms with van der Waals surface area (Å²) in [7, 11) is 1.65. The van der Waals surface area contributed by atoms with Gasteiger partial charge in [0.05, 0.1) is 12.2 Å². The number of aliphatic imine (C=N–C) groups is 1. The zero-order valence-electron chi connectivity index (χ0n) is 15.8. The fraction of sp³-hybridized carbons (Fsp3) is 0.444. The largest absolute Gasteiger partial charge is 0.484 e. The predicted octanol–water partition coefficient (Wildman–Crippen LogP) is 4.69. The summed E-state index contributed by atoms with van der Waals surface area (Å²) in [5.41, 5.74) is 1.85. The molecule has 5 nitrogen and oxygen atoms in total. The van der Waals surface area contributed by atoms with Crippen LogP contribution in [0.2, 0.25) is 0 Å². The van der Waals surface area contributed by atoms with Crippen LogP contribution in [-0.2, 0) is 13.1 Å². The lowest BCUT2D eigenvalue weighted by Gasteiger charge is -2.13. The van der Waals surface area contributed by atoms with Gasteiger partial charge in [-0.05, 0) is 23.6 Å². The third-order valence-electron chi connectivity index (χ3n) is 3.55. The molecule has 0 bridgehead atoms. The average Bonchev–Trinajstić information content (AvgIpc) is 3.09. The van der Waals surface area contributed by atoms with Crippen molar-refractivity contribution in [1.29, 1.82) is 0 Å². The van der Waals surface area contributed by atoms with Gasteiger partial charge < -0.3 is 15.4 Å². The van der Waals surface area contributed by atoms with E-state index in [-0.39, 0.29) is 29.7 Å². The van der Waals surface area contributed by atoms with Crippen molar-refractivity contribution in [3.05, 3.63) is 45.9 Å². The molecular formula is C18H24F3IN4OS. The van der Waals surface area contributed by atoms with E-state index in [9.17, 15) is 13.2 Å². The maximum absolute atomic E-state index is 12.2. The number of nitrogens with one attached hydrogen (secondary N) is 2. The Bertz CT molecular complexity index is 765. The fourth-order valence-corrected chi connectivity index (χ4v) is 3.04. The van der Waals surface area contributed by atoms with Gasteiger partial charge in [0.2, 0.25) is 0 Å². The molecule has 0 unspecified atom stereocenters. The molecule has 1 aromatic carbocycles. The number of aromatic nitrogens is 1. The van der Waals surface area contributed by atoms with E-state index in [2.05, 4.69) is 34.5 Å². The van der Waals surface area contributed by atoms with E-state index in [1.54, 1.807) is 36.6 Å². The molecule has 2 rings (SSSR count). The number of rotatable bonds is 7. The summed E-state index contributed by atoms with van der Waals surface area (Å²) in [6.07, 6.45) is -4.36. The van der Waals surface area contributed by atoms with Crippen LogP contribution in [0.15, 0.2) is 34.6 Å². The first-order chi connectivity index (χ1) is 12.8. The molecule has 0 radical (unpaired) electrons. The molecule has 2 N–H and O–H groups in total. The van der Waals surface area contributed by atoms with Crippen LogP contribution in [0.3, 0.4) is 0 Å². The molecule has 0 saturated carbocycles. The first-order valence-electron chi connectivity index (χ1n) is 8.44. The van der Waals surface area contributed by atoms with E-state index >= 15 is 0 Å². The van der Waals surface area contributed by atoms with Crippen LogP contribution in [-0.4, -0.2) is 30.8 Å². The molecule has 0 fully saturated rings. The van der Waals surface area contributed by atoms with Crippen LogP contribution in [0.4, 0.5) is 13.2 Å². The van der Waals surface area contributed by atoms with Crippen LogP contribution in [0.25, 0.3) is 0 Å². The van der Waals surface area contributed by atoms with Gasteiger partial charge in [-0.1, -0.05) is 26.0 Å². The molecule has 2 aromatic rings. The SMILES string of the molecule is CN=C(NCc1cccc(OCC(F)(F)F)c1)NCc1nc(C(C)C)cs1.I. The zero-order chi connectivity index (χ0) is 19.9. The smallest absolute Gasteiger partial charge is 0.422 e. The van der Waals surface area contributed by atoms with Gasteiger partial charge in [0.25, 0.3) is 0 Å². The van der Waals surface area contributed by atoms with Gasteiger partial charge in [-0.2, -0.15) is 13.2 Å². The summed E-state index contributed by atoms with van der Waals surface area (Å²) in [6, 6.07) is 6.53. The number of benzene rings is 1. The van der Waals surface area contributed by atoms with Crippen LogP contribution in [0.5, 0.6) is 5.75 Å². The van der Waals surface area contributed by atoms with E-state index in [0.29, 0.717) is 25.0 Å². The number of nitrogens with zero attached hydrogens (tertiary/aromatic N) is 2. The van der Waals surface area contributed by atoms with E-state index < -0.39 is 12.8 Å². The molecule has 0 aliphatic heterocycles. The minimum absolute atomic E-state index is 0. The van der Waals surface area contributed by atoms with Gasteiger partial charge in [0.15, 0.2) is 12.6 Å². The summed E-state index contributed by atoms with van der Waals surface area (Å²) < 4.78 is 41.5. The van der Waals surface area contributed by atoms with E-state index in [1.165, 1.54) is 6.07 Å². The standard InChI is InChI=1S/C18H23F3N4OS.HI/c1-12(2)15-10-27-16(25-15)9-24-17(22-3)23-8-13-5-4-6-14(7-13)26-11-18(19,20)21;/h4-7,10,12H,8-9,11H2,1-3H3,(H2,22,23,24);1H. The highest BCUT2D eigenvalue weighted by Gasteiger charge is 2.28. The second-order valence-corrected chi connectivity index (χ2v) is 7.09. The van der Waals surface area contributed by atoms with Crippen molar-refractivity contribution in [3.8, 4) is 5.75 Å². The second kappa shape index (κ2) is 11.4. The number of guanidine groups is 1. The number of alkyl halides is 3. The number of thiazole rings is 1. The van der Waals surface area contributed by atoms with Crippen molar-refractivity contribution in [2.45, 2.75) is 39.0 Å². The summed E-state index contributed by atoms with van der Waals surface area (Å²) in [4.78, 5) is 8.69. The molecular weight excluding hydrogens is 504 g/mol. The summed E-state index contributed by atoms with van der Waals surface area (Å²) >= 11 is 1.59. The Hall–Kier alpha value is -1.56. The maximum atomic E-state index is 12.2. The Labute approximate surface area is 183 Å². The minimum Gasteiger partial charge on any atom is -0.484 e. The van der Waals surface area contributed by atoms with Crippen molar-refractivity contribution in [2.24, 2.45) is 4.99 Å². The highest BCUT2D eigenvalue weighted by molar-refractivity contribution is 14.0. The second-order valence-electron chi connectivity index (χ2n) is 6.15. The van der Waals surface area contributed by atoms with Crippen LogP contribution in [0, 0.1) is 0 Å². The number of hydrogen-bond acceptors (Lipinski definition) is 4. The molecule has 28 heavy (non-hydrogen) atoms. The Morgan fingerprint density at radius 1 is 1.25 bits per heavy atom.